The standard InChI is InChI=1S/C17H15BrO2/c18-16-8-4-7-15(13-16)9-10-17(19)20-12-11-14-5-2-1-3-6-14/h1-10,13H,11-12H2/b10-9+. The zero-order valence-corrected chi connectivity index (χ0v) is 12.5. The molecule has 2 aromatic rings. The molecular weight excluding hydrogens is 316 g/mol. The lowest BCUT2D eigenvalue weighted by atomic mass is 10.2. The third kappa shape index (κ3) is 5.02. The van der Waals surface area contributed by atoms with Crippen molar-refractivity contribution in [3.05, 3.63) is 76.3 Å². The van der Waals surface area contributed by atoms with E-state index in [4.69, 9.17) is 4.74 Å². The first kappa shape index (κ1) is 14.5. The Morgan fingerprint density at radius 1 is 1.10 bits per heavy atom. The molecule has 0 amide bonds. The van der Waals surface area contributed by atoms with Crippen molar-refractivity contribution in [1.82, 2.24) is 0 Å². The summed E-state index contributed by atoms with van der Waals surface area (Å²) in [5.41, 5.74) is 2.12. The fraction of sp³-hybridized carbons (Fsp3) is 0.118. The quantitative estimate of drug-likeness (QED) is 0.605. The molecule has 0 aliphatic carbocycles. The Kier molecular flexibility index (Phi) is 5.56. The Hall–Kier alpha value is -1.87. The van der Waals surface area contributed by atoms with Gasteiger partial charge in [0.15, 0.2) is 0 Å². The van der Waals surface area contributed by atoms with E-state index in [9.17, 15) is 4.79 Å². The first-order chi connectivity index (χ1) is 9.74. The van der Waals surface area contributed by atoms with E-state index in [1.165, 1.54) is 6.08 Å². The highest BCUT2D eigenvalue weighted by Crippen LogP contribution is 2.12. The van der Waals surface area contributed by atoms with E-state index in [1.54, 1.807) is 6.08 Å². The minimum absolute atomic E-state index is 0.319. The molecule has 2 nitrogen and oxygen atoms in total. The minimum Gasteiger partial charge on any atom is -0.462 e. The van der Waals surface area contributed by atoms with Crippen LogP contribution in [0, 0.1) is 0 Å². The Bertz CT molecular complexity index is 591. The van der Waals surface area contributed by atoms with Crippen molar-refractivity contribution in [2.45, 2.75) is 6.42 Å². The van der Waals surface area contributed by atoms with Crippen molar-refractivity contribution < 1.29 is 9.53 Å². The minimum atomic E-state index is -0.319. The van der Waals surface area contributed by atoms with Gasteiger partial charge in [-0.1, -0.05) is 58.4 Å². The monoisotopic (exact) mass is 330 g/mol. The molecule has 2 rings (SSSR count). The first-order valence-corrected chi connectivity index (χ1v) is 7.18. The molecule has 0 heterocycles. The van der Waals surface area contributed by atoms with Gasteiger partial charge >= 0.3 is 5.97 Å². The predicted octanol–water partition coefficient (Wildman–Crippen LogP) is 4.25. The summed E-state index contributed by atoms with van der Waals surface area (Å²) in [7, 11) is 0. The zero-order chi connectivity index (χ0) is 14.2. The molecule has 0 unspecified atom stereocenters. The molecule has 3 heteroatoms. The van der Waals surface area contributed by atoms with Gasteiger partial charge in [-0.25, -0.2) is 4.79 Å². The molecule has 0 aliphatic rings. The number of esters is 1. The van der Waals surface area contributed by atoms with Crippen molar-refractivity contribution in [3.63, 3.8) is 0 Å². The molecule has 102 valence electrons. The number of benzene rings is 2. The van der Waals surface area contributed by atoms with E-state index >= 15 is 0 Å². The maximum atomic E-state index is 11.6. The fourth-order valence-corrected chi connectivity index (χ4v) is 2.15. The van der Waals surface area contributed by atoms with E-state index < -0.39 is 0 Å². The second-order valence-electron chi connectivity index (χ2n) is 4.29. The molecular formula is C17H15BrO2. The van der Waals surface area contributed by atoms with E-state index in [-0.39, 0.29) is 5.97 Å². The van der Waals surface area contributed by atoms with Crippen LogP contribution in [-0.4, -0.2) is 12.6 Å². The van der Waals surface area contributed by atoms with Gasteiger partial charge in [-0.3, -0.25) is 0 Å². The second-order valence-corrected chi connectivity index (χ2v) is 5.21. The molecule has 0 fully saturated rings. The maximum Gasteiger partial charge on any atom is 0.330 e. The number of hydrogen-bond acceptors (Lipinski definition) is 2. The maximum absolute atomic E-state index is 11.6. The molecule has 0 aromatic heterocycles. The van der Waals surface area contributed by atoms with Crippen LogP contribution in [0.5, 0.6) is 0 Å². The van der Waals surface area contributed by atoms with Crippen LogP contribution in [0.4, 0.5) is 0 Å². The summed E-state index contributed by atoms with van der Waals surface area (Å²) in [6, 6.07) is 17.7. The van der Waals surface area contributed by atoms with Gasteiger partial charge in [-0.05, 0) is 29.3 Å². The highest BCUT2D eigenvalue weighted by Gasteiger charge is 1.98. The van der Waals surface area contributed by atoms with Crippen LogP contribution in [0.15, 0.2) is 65.1 Å². The Morgan fingerprint density at radius 2 is 1.90 bits per heavy atom. The predicted molar refractivity (Wildman–Crippen MR) is 84.3 cm³/mol. The molecule has 2 aromatic carbocycles. The highest BCUT2D eigenvalue weighted by atomic mass is 79.9. The average Bonchev–Trinajstić information content (AvgIpc) is 2.46. The van der Waals surface area contributed by atoms with E-state index in [2.05, 4.69) is 15.9 Å². The van der Waals surface area contributed by atoms with Gasteiger partial charge in [-0.15, -0.1) is 0 Å². The SMILES string of the molecule is O=C(/C=C/c1cccc(Br)c1)OCCc1ccccc1. The van der Waals surface area contributed by atoms with Gasteiger partial charge in [0, 0.05) is 17.0 Å². The van der Waals surface area contributed by atoms with Crippen molar-refractivity contribution in [2.75, 3.05) is 6.61 Å². The largest absolute Gasteiger partial charge is 0.462 e. The lowest BCUT2D eigenvalue weighted by Crippen LogP contribution is -2.04. The van der Waals surface area contributed by atoms with Gasteiger partial charge in [0.25, 0.3) is 0 Å². The summed E-state index contributed by atoms with van der Waals surface area (Å²) in [5, 5.41) is 0. The number of carbonyl (C=O) groups is 1. The van der Waals surface area contributed by atoms with E-state index in [1.807, 2.05) is 54.6 Å². The summed E-state index contributed by atoms with van der Waals surface area (Å²) >= 11 is 3.39. The number of carbonyl (C=O) groups excluding carboxylic acids is 1. The van der Waals surface area contributed by atoms with Gasteiger partial charge in [0.1, 0.15) is 0 Å². The third-order valence-corrected chi connectivity index (χ3v) is 3.23. The van der Waals surface area contributed by atoms with Crippen molar-refractivity contribution >= 4 is 28.0 Å². The number of ether oxygens (including phenoxy) is 1. The van der Waals surface area contributed by atoms with Crippen LogP contribution in [0.2, 0.25) is 0 Å². The first-order valence-electron chi connectivity index (χ1n) is 6.38. The van der Waals surface area contributed by atoms with Crippen LogP contribution < -0.4 is 0 Å². The molecule has 0 saturated carbocycles. The van der Waals surface area contributed by atoms with Crippen molar-refractivity contribution in [3.8, 4) is 0 Å². The lowest BCUT2D eigenvalue weighted by molar-refractivity contribution is -0.137. The number of hydrogen-bond donors (Lipinski definition) is 0. The normalized spacial score (nSPS) is 10.7. The molecule has 0 spiro atoms. The Morgan fingerprint density at radius 3 is 2.65 bits per heavy atom. The highest BCUT2D eigenvalue weighted by molar-refractivity contribution is 9.10. The van der Waals surface area contributed by atoms with Crippen LogP contribution in [0.25, 0.3) is 6.08 Å². The van der Waals surface area contributed by atoms with Crippen LogP contribution in [0.1, 0.15) is 11.1 Å². The summed E-state index contributed by atoms with van der Waals surface area (Å²) in [4.78, 5) is 11.6. The lowest BCUT2D eigenvalue weighted by Gasteiger charge is -2.02. The topological polar surface area (TPSA) is 26.3 Å². The summed E-state index contributed by atoms with van der Waals surface area (Å²) in [5.74, 6) is -0.319. The molecule has 0 bridgehead atoms. The second kappa shape index (κ2) is 7.65. The Labute approximate surface area is 127 Å². The molecule has 0 N–H and O–H groups in total. The van der Waals surface area contributed by atoms with Gasteiger partial charge in [0.2, 0.25) is 0 Å². The van der Waals surface area contributed by atoms with E-state index in [0.717, 1.165) is 22.0 Å². The molecule has 0 atom stereocenters. The molecule has 0 aliphatic heterocycles. The van der Waals surface area contributed by atoms with Crippen LogP contribution >= 0.6 is 15.9 Å². The molecule has 20 heavy (non-hydrogen) atoms. The summed E-state index contributed by atoms with van der Waals surface area (Å²) in [6.45, 7) is 0.395. The number of rotatable bonds is 5. The van der Waals surface area contributed by atoms with Gasteiger partial charge < -0.3 is 4.74 Å². The number of halogens is 1. The zero-order valence-electron chi connectivity index (χ0n) is 11.0. The van der Waals surface area contributed by atoms with E-state index in [0.29, 0.717) is 6.61 Å². The van der Waals surface area contributed by atoms with Crippen molar-refractivity contribution in [1.29, 1.82) is 0 Å². The van der Waals surface area contributed by atoms with Gasteiger partial charge in [0.05, 0.1) is 6.61 Å². The Balaban J connectivity index is 1.78. The third-order valence-electron chi connectivity index (χ3n) is 2.74. The average molecular weight is 331 g/mol. The fourth-order valence-electron chi connectivity index (χ4n) is 1.74. The summed E-state index contributed by atoms with van der Waals surface area (Å²) in [6.07, 6.45) is 3.93. The van der Waals surface area contributed by atoms with Gasteiger partial charge in [-0.2, -0.15) is 0 Å². The summed E-state index contributed by atoms with van der Waals surface area (Å²) < 4.78 is 6.14. The molecule has 0 radical (unpaired) electrons. The van der Waals surface area contributed by atoms with Crippen LogP contribution in [-0.2, 0) is 16.0 Å². The van der Waals surface area contributed by atoms with Crippen LogP contribution in [0.3, 0.4) is 0 Å². The smallest absolute Gasteiger partial charge is 0.330 e. The van der Waals surface area contributed by atoms with Crippen molar-refractivity contribution in [2.24, 2.45) is 0 Å². The molecule has 0 saturated heterocycles.